The van der Waals surface area contributed by atoms with Crippen LogP contribution in [0.1, 0.15) is 31.4 Å². The smallest absolute Gasteiger partial charge is 0.347 e. The first-order valence-corrected chi connectivity index (χ1v) is 10.3. The normalized spacial score (nSPS) is 11.5. The third-order valence-electron chi connectivity index (χ3n) is 5.10. The predicted molar refractivity (Wildman–Crippen MR) is 120 cm³/mol. The van der Waals surface area contributed by atoms with Gasteiger partial charge >= 0.3 is 5.69 Å². The molecule has 0 aliphatic heterocycles. The summed E-state index contributed by atoms with van der Waals surface area (Å²) < 4.78 is 2.26. The zero-order chi connectivity index (χ0) is 22.8. The van der Waals surface area contributed by atoms with Crippen LogP contribution in [0.2, 0.25) is 5.02 Å². The van der Waals surface area contributed by atoms with Crippen molar-refractivity contribution in [2.24, 2.45) is 5.73 Å². The van der Waals surface area contributed by atoms with Gasteiger partial charge in [0.1, 0.15) is 13.1 Å². The highest BCUT2D eigenvalue weighted by molar-refractivity contribution is 6.30. The summed E-state index contributed by atoms with van der Waals surface area (Å²) in [6, 6.07) is 14.7. The van der Waals surface area contributed by atoms with Crippen molar-refractivity contribution in [3.8, 4) is 11.4 Å². The number of hydrogen-bond acceptors (Lipinski definition) is 4. The number of carbonyl (C=O) groups excluding carboxylic acids is 2. The van der Waals surface area contributed by atoms with E-state index in [4.69, 9.17) is 17.3 Å². The summed E-state index contributed by atoms with van der Waals surface area (Å²) in [5, 5.41) is 4.84. The number of aromatic nitrogens is 3. The number of nitrogens with two attached hydrogens (primary N) is 1. The van der Waals surface area contributed by atoms with E-state index in [0.29, 0.717) is 10.6 Å². The Morgan fingerprint density at radius 1 is 1.10 bits per heavy atom. The predicted octanol–water partition coefficient (Wildman–Crippen LogP) is 3.10. The molecule has 0 unspecified atom stereocenters. The molecular weight excluding hydrogens is 416 g/mol. The Morgan fingerprint density at radius 3 is 2.39 bits per heavy atom. The van der Waals surface area contributed by atoms with Gasteiger partial charge in [0.05, 0.1) is 0 Å². The molecule has 8 heteroatoms. The zero-order valence-electron chi connectivity index (χ0n) is 17.8. The Hall–Kier alpha value is -3.19. The maximum Gasteiger partial charge on any atom is 0.347 e. The van der Waals surface area contributed by atoms with Crippen LogP contribution in [-0.2, 0) is 28.1 Å². The summed E-state index contributed by atoms with van der Waals surface area (Å²) in [5.74, 6) is -0.560. The topological polar surface area (TPSA) is 100.0 Å². The average molecular weight is 441 g/mol. The summed E-state index contributed by atoms with van der Waals surface area (Å²) in [4.78, 5) is 37.2. The highest BCUT2D eigenvalue weighted by Gasteiger charge is 2.26. The quantitative estimate of drug-likeness (QED) is 0.581. The van der Waals surface area contributed by atoms with Crippen molar-refractivity contribution in [3.63, 3.8) is 0 Å². The number of hydrogen-bond donors (Lipinski definition) is 1. The molecule has 0 spiro atoms. The molecule has 7 nitrogen and oxygen atoms in total. The molecule has 0 saturated carbocycles. The summed E-state index contributed by atoms with van der Waals surface area (Å²) in [6.07, 6.45) is 0.238. The molecule has 0 radical (unpaired) electrons. The molecule has 0 bridgehead atoms. The summed E-state index contributed by atoms with van der Waals surface area (Å²) in [6.45, 7) is 5.46. The Kier molecular flexibility index (Phi) is 6.45. The minimum atomic E-state index is -0.677. The molecule has 1 amide bonds. The number of Topliss-reactive ketones (excluding diaryl/α,β-unsaturated/α-hetero) is 1. The van der Waals surface area contributed by atoms with E-state index in [-0.39, 0.29) is 31.1 Å². The second-order valence-electron chi connectivity index (χ2n) is 8.29. The third kappa shape index (κ3) is 5.30. The van der Waals surface area contributed by atoms with Gasteiger partial charge < -0.3 is 5.73 Å². The number of aryl methyl sites for hydroxylation is 1. The molecule has 1 aromatic heterocycles. The van der Waals surface area contributed by atoms with E-state index >= 15 is 0 Å². The van der Waals surface area contributed by atoms with Crippen LogP contribution in [0.4, 0.5) is 0 Å². The maximum atomic E-state index is 12.9. The fraction of sp³-hybridized carbons (Fsp3) is 0.304. The number of benzene rings is 2. The van der Waals surface area contributed by atoms with Crippen molar-refractivity contribution in [1.82, 2.24) is 14.3 Å². The number of ketones is 1. The number of nitrogens with zero attached hydrogens (tertiary/aromatic N) is 3. The fourth-order valence-electron chi connectivity index (χ4n) is 3.54. The van der Waals surface area contributed by atoms with Gasteiger partial charge in [-0.1, -0.05) is 55.3 Å². The molecule has 2 N–H and O–H groups in total. The molecule has 3 rings (SSSR count). The Labute approximate surface area is 185 Å². The minimum Gasteiger partial charge on any atom is -0.368 e. The molecule has 162 valence electrons. The van der Waals surface area contributed by atoms with Gasteiger partial charge in [-0.15, -0.1) is 5.10 Å². The molecule has 1 heterocycles. The average Bonchev–Trinajstić information content (AvgIpc) is 2.97. The van der Waals surface area contributed by atoms with E-state index in [1.165, 1.54) is 4.57 Å². The SMILES string of the molecule is Cc1cccc(C(C)(C)CC(=O)Cn2nc(-c3ccc(Cl)cc3)n(CC(N)=O)c2=O)c1. The van der Waals surface area contributed by atoms with E-state index in [0.717, 1.165) is 15.8 Å². The van der Waals surface area contributed by atoms with E-state index in [9.17, 15) is 14.4 Å². The van der Waals surface area contributed by atoms with Crippen LogP contribution < -0.4 is 11.4 Å². The highest BCUT2D eigenvalue weighted by atomic mass is 35.5. The van der Waals surface area contributed by atoms with Crippen LogP contribution in [-0.4, -0.2) is 26.0 Å². The van der Waals surface area contributed by atoms with Crippen LogP contribution in [0.3, 0.4) is 0 Å². The zero-order valence-corrected chi connectivity index (χ0v) is 18.5. The number of amides is 1. The Morgan fingerprint density at radius 2 is 1.77 bits per heavy atom. The van der Waals surface area contributed by atoms with Crippen LogP contribution in [0.15, 0.2) is 53.3 Å². The lowest BCUT2D eigenvalue weighted by Gasteiger charge is -2.24. The summed E-state index contributed by atoms with van der Waals surface area (Å²) in [5.41, 5.74) is 7.11. The van der Waals surface area contributed by atoms with Crippen molar-refractivity contribution in [2.45, 2.75) is 45.7 Å². The number of primary amides is 1. The van der Waals surface area contributed by atoms with Gasteiger partial charge in [0.2, 0.25) is 5.91 Å². The molecule has 2 aromatic carbocycles. The first kappa shape index (κ1) is 22.5. The van der Waals surface area contributed by atoms with Crippen molar-refractivity contribution in [2.75, 3.05) is 0 Å². The van der Waals surface area contributed by atoms with Crippen molar-refractivity contribution in [1.29, 1.82) is 0 Å². The van der Waals surface area contributed by atoms with Gasteiger partial charge in [0, 0.05) is 17.0 Å². The van der Waals surface area contributed by atoms with Crippen molar-refractivity contribution >= 4 is 23.3 Å². The van der Waals surface area contributed by atoms with E-state index in [1.54, 1.807) is 24.3 Å². The highest BCUT2D eigenvalue weighted by Crippen LogP contribution is 2.28. The van der Waals surface area contributed by atoms with E-state index in [1.807, 2.05) is 39.0 Å². The van der Waals surface area contributed by atoms with Gasteiger partial charge in [0.25, 0.3) is 0 Å². The second-order valence-corrected chi connectivity index (χ2v) is 8.73. The van der Waals surface area contributed by atoms with Gasteiger partial charge in [-0.3, -0.25) is 14.2 Å². The molecule has 31 heavy (non-hydrogen) atoms. The molecular formula is C23H25ClN4O3. The number of halogens is 1. The van der Waals surface area contributed by atoms with E-state index in [2.05, 4.69) is 11.2 Å². The fourth-order valence-corrected chi connectivity index (χ4v) is 3.66. The second kappa shape index (κ2) is 8.89. The molecule has 0 saturated heterocycles. The lowest BCUT2D eigenvalue weighted by Crippen LogP contribution is -2.33. The number of rotatable bonds is 8. The number of carbonyl (C=O) groups is 2. The van der Waals surface area contributed by atoms with Crippen molar-refractivity contribution in [3.05, 3.63) is 75.2 Å². The van der Waals surface area contributed by atoms with Crippen LogP contribution >= 0.6 is 11.6 Å². The molecule has 0 aliphatic carbocycles. The van der Waals surface area contributed by atoms with E-state index < -0.39 is 17.0 Å². The minimum absolute atomic E-state index is 0.139. The molecule has 0 fully saturated rings. The van der Waals surface area contributed by atoms with Gasteiger partial charge in [0.15, 0.2) is 11.6 Å². The molecule has 3 aromatic rings. The van der Waals surface area contributed by atoms with Gasteiger partial charge in [-0.2, -0.15) is 0 Å². The van der Waals surface area contributed by atoms with Gasteiger partial charge in [-0.05, 0) is 42.2 Å². The largest absolute Gasteiger partial charge is 0.368 e. The van der Waals surface area contributed by atoms with Gasteiger partial charge in [-0.25, -0.2) is 9.48 Å². The standard InChI is InChI=1S/C23H25ClN4O3/c1-15-5-4-6-17(11-15)23(2,3)12-19(29)13-28-22(31)27(14-20(25)30)21(26-28)16-7-9-18(24)10-8-16/h4-11H,12-14H2,1-3H3,(H2,25,30). The van der Waals surface area contributed by atoms with Crippen LogP contribution in [0.5, 0.6) is 0 Å². The summed E-state index contributed by atoms with van der Waals surface area (Å²) >= 11 is 5.94. The third-order valence-corrected chi connectivity index (χ3v) is 5.36. The van der Waals surface area contributed by atoms with Crippen LogP contribution in [0.25, 0.3) is 11.4 Å². The maximum absolute atomic E-state index is 12.9. The van der Waals surface area contributed by atoms with Crippen LogP contribution in [0, 0.1) is 6.92 Å². The van der Waals surface area contributed by atoms with Crippen molar-refractivity contribution < 1.29 is 9.59 Å². The lowest BCUT2D eigenvalue weighted by atomic mass is 9.79. The molecule has 0 atom stereocenters. The Balaban J connectivity index is 1.88. The lowest BCUT2D eigenvalue weighted by molar-refractivity contribution is -0.121. The summed E-state index contributed by atoms with van der Waals surface area (Å²) in [7, 11) is 0. The molecule has 0 aliphatic rings. The first-order valence-electron chi connectivity index (χ1n) is 9.87. The monoisotopic (exact) mass is 440 g/mol. The Bertz CT molecular complexity index is 1180. The first-order chi connectivity index (χ1) is 14.6.